The quantitative estimate of drug-likeness (QED) is 0.744. The van der Waals surface area contributed by atoms with Crippen LogP contribution in [-0.4, -0.2) is 26.4 Å². The third kappa shape index (κ3) is 4.37. The average molecular weight is 380 g/mol. The van der Waals surface area contributed by atoms with Crippen LogP contribution >= 0.6 is 0 Å². The number of amides is 1. The van der Waals surface area contributed by atoms with E-state index in [9.17, 15) is 22.4 Å². The molecule has 2 aromatic carbocycles. The van der Waals surface area contributed by atoms with Crippen LogP contribution in [0, 0.1) is 12.7 Å². The molecule has 2 rings (SSSR count). The smallest absolute Gasteiger partial charge is 0.339 e. The average Bonchev–Trinajstić information content (AvgIpc) is 2.56. The fourth-order valence-electron chi connectivity index (χ4n) is 2.02. The second-order valence-electron chi connectivity index (χ2n) is 5.51. The third-order valence-corrected chi connectivity index (χ3v) is 4.91. The number of para-hydroxylation sites is 1. The number of aryl methyl sites for hydroxylation is 1. The molecule has 0 aromatic heterocycles. The van der Waals surface area contributed by atoms with Crippen molar-refractivity contribution < 1.29 is 27.1 Å². The number of esters is 1. The van der Waals surface area contributed by atoms with Gasteiger partial charge in [-0.1, -0.05) is 18.2 Å². The number of sulfonamides is 1. The normalized spacial score (nSPS) is 12.3. The van der Waals surface area contributed by atoms with E-state index in [0.717, 1.165) is 12.1 Å². The van der Waals surface area contributed by atoms with Crippen molar-refractivity contribution in [1.82, 2.24) is 0 Å². The molecule has 1 amide bonds. The summed E-state index contributed by atoms with van der Waals surface area (Å²) < 4.78 is 45.6. The zero-order chi connectivity index (χ0) is 19.5. The first-order chi connectivity index (χ1) is 12.1. The highest BCUT2D eigenvalue weighted by atomic mass is 32.2. The van der Waals surface area contributed by atoms with E-state index in [0.29, 0.717) is 5.56 Å². The highest BCUT2D eigenvalue weighted by molar-refractivity contribution is 7.92. The molecule has 0 saturated heterocycles. The monoisotopic (exact) mass is 380 g/mol. The van der Waals surface area contributed by atoms with Gasteiger partial charge < -0.3 is 10.5 Å². The minimum Gasteiger partial charge on any atom is -0.449 e. The molecule has 3 N–H and O–H groups in total. The maximum Gasteiger partial charge on any atom is 0.339 e. The molecule has 0 saturated carbocycles. The standard InChI is InChI=1S/C17H17FN2O5S/c1-10-7-8-12(9-13(10)17(22)25-11(2)16(19)21)26(23,24)20-15-6-4-3-5-14(15)18/h3-9,11,20H,1-2H3,(H2,19,21)/t11-/m1/s1. The third-order valence-electron chi connectivity index (χ3n) is 3.54. The number of carbonyl (C=O) groups excluding carboxylic acids is 2. The van der Waals surface area contributed by atoms with Crippen molar-refractivity contribution in [3.63, 3.8) is 0 Å². The van der Waals surface area contributed by atoms with Crippen LogP contribution < -0.4 is 10.5 Å². The number of primary amides is 1. The van der Waals surface area contributed by atoms with Crippen molar-refractivity contribution in [2.24, 2.45) is 5.73 Å². The predicted molar refractivity (Wildman–Crippen MR) is 92.5 cm³/mol. The van der Waals surface area contributed by atoms with Crippen molar-refractivity contribution in [2.45, 2.75) is 24.8 Å². The maximum absolute atomic E-state index is 13.7. The molecule has 138 valence electrons. The number of ether oxygens (including phenoxy) is 1. The number of anilines is 1. The van der Waals surface area contributed by atoms with Gasteiger partial charge in [-0.3, -0.25) is 9.52 Å². The van der Waals surface area contributed by atoms with Crippen molar-refractivity contribution >= 4 is 27.6 Å². The first-order valence-electron chi connectivity index (χ1n) is 7.50. The summed E-state index contributed by atoms with van der Waals surface area (Å²) in [5.41, 5.74) is 5.21. The van der Waals surface area contributed by atoms with E-state index in [1.807, 2.05) is 0 Å². The molecule has 0 fully saturated rings. The Morgan fingerprint density at radius 3 is 2.46 bits per heavy atom. The maximum atomic E-state index is 13.7. The van der Waals surface area contributed by atoms with Crippen LogP contribution in [0.15, 0.2) is 47.4 Å². The Labute approximate surface area is 150 Å². The molecule has 0 aliphatic heterocycles. The van der Waals surface area contributed by atoms with Crippen molar-refractivity contribution in [1.29, 1.82) is 0 Å². The summed E-state index contributed by atoms with van der Waals surface area (Å²) in [6, 6.07) is 9.05. The lowest BCUT2D eigenvalue weighted by Gasteiger charge is -2.13. The molecule has 1 atom stereocenters. The van der Waals surface area contributed by atoms with E-state index in [-0.39, 0.29) is 16.1 Å². The topological polar surface area (TPSA) is 116 Å². The van der Waals surface area contributed by atoms with E-state index in [2.05, 4.69) is 4.72 Å². The minimum atomic E-state index is -4.14. The molecule has 0 aliphatic carbocycles. The molecule has 0 heterocycles. The fourth-order valence-corrected chi connectivity index (χ4v) is 3.11. The predicted octanol–water partition coefficient (Wildman–Crippen LogP) is 1.97. The number of nitrogens with two attached hydrogens (primary N) is 1. The summed E-state index contributed by atoms with van der Waals surface area (Å²) in [6.45, 7) is 2.88. The van der Waals surface area contributed by atoms with Gasteiger partial charge in [0.05, 0.1) is 16.1 Å². The molecule has 0 radical (unpaired) electrons. The Bertz CT molecular complexity index is 959. The number of nitrogens with one attached hydrogen (secondary N) is 1. The molecule has 2 aromatic rings. The molecule has 9 heteroatoms. The van der Waals surface area contributed by atoms with Gasteiger partial charge >= 0.3 is 5.97 Å². The van der Waals surface area contributed by atoms with Crippen LogP contribution in [0.3, 0.4) is 0 Å². The van der Waals surface area contributed by atoms with Crippen molar-refractivity contribution in [3.8, 4) is 0 Å². The summed E-state index contributed by atoms with van der Waals surface area (Å²) in [5, 5.41) is 0. The molecule has 7 nitrogen and oxygen atoms in total. The molecule has 0 aliphatic rings. The van der Waals surface area contributed by atoms with E-state index in [4.69, 9.17) is 10.5 Å². The van der Waals surface area contributed by atoms with Gasteiger partial charge in [0.25, 0.3) is 15.9 Å². The Morgan fingerprint density at radius 1 is 1.19 bits per heavy atom. The zero-order valence-electron chi connectivity index (χ0n) is 14.0. The lowest BCUT2D eigenvalue weighted by molar-refractivity contribution is -0.125. The van der Waals surface area contributed by atoms with Gasteiger partial charge in [0.2, 0.25) is 0 Å². The highest BCUT2D eigenvalue weighted by Gasteiger charge is 2.22. The van der Waals surface area contributed by atoms with Crippen LogP contribution in [0.4, 0.5) is 10.1 Å². The van der Waals surface area contributed by atoms with Gasteiger partial charge in [-0.15, -0.1) is 0 Å². The van der Waals surface area contributed by atoms with Crippen LogP contribution in [0.5, 0.6) is 0 Å². The first-order valence-corrected chi connectivity index (χ1v) is 8.98. The zero-order valence-corrected chi connectivity index (χ0v) is 14.8. The Kier molecular flexibility index (Phi) is 5.61. The summed E-state index contributed by atoms with van der Waals surface area (Å²) in [6.07, 6.45) is -1.17. The van der Waals surface area contributed by atoms with Crippen molar-refractivity contribution in [2.75, 3.05) is 4.72 Å². The van der Waals surface area contributed by atoms with Crippen LogP contribution in [0.1, 0.15) is 22.8 Å². The fraction of sp³-hybridized carbons (Fsp3) is 0.176. The van der Waals surface area contributed by atoms with E-state index >= 15 is 0 Å². The Hall–Kier alpha value is -2.94. The Morgan fingerprint density at radius 2 is 1.85 bits per heavy atom. The molecule has 0 bridgehead atoms. The number of hydrogen-bond donors (Lipinski definition) is 2. The highest BCUT2D eigenvalue weighted by Crippen LogP contribution is 2.21. The minimum absolute atomic E-state index is 0.0468. The summed E-state index contributed by atoms with van der Waals surface area (Å²) in [5.74, 6) is -2.46. The second-order valence-corrected chi connectivity index (χ2v) is 7.19. The largest absolute Gasteiger partial charge is 0.449 e. The molecular formula is C17H17FN2O5S. The lowest BCUT2D eigenvalue weighted by Crippen LogP contribution is -2.30. The lowest BCUT2D eigenvalue weighted by atomic mass is 10.1. The number of carbonyl (C=O) groups is 2. The van der Waals surface area contributed by atoms with Gasteiger partial charge in [-0.2, -0.15) is 0 Å². The number of rotatable bonds is 6. The van der Waals surface area contributed by atoms with E-state index < -0.39 is 33.8 Å². The summed E-state index contributed by atoms with van der Waals surface area (Å²) in [4.78, 5) is 22.9. The molecule has 0 spiro atoms. The summed E-state index contributed by atoms with van der Waals surface area (Å²) >= 11 is 0. The number of hydrogen-bond acceptors (Lipinski definition) is 5. The van der Waals surface area contributed by atoms with Gasteiger partial charge in [0.1, 0.15) is 5.82 Å². The first kappa shape index (κ1) is 19.4. The second kappa shape index (κ2) is 7.52. The van der Waals surface area contributed by atoms with Crippen LogP contribution in [0.2, 0.25) is 0 Å². The van der Waals surface area contributed by atoms with Gasteiger partial charge in [0.15, 0.2) is 6.10 Å². The van der Waals surface area contributed by atoms with Gasteiger partial charge in [-0.05, 0) is 43.7 Å². The molecule has 26 heavy (non-hydrogen) atoms. The van der Waals surface area contributed by atoms with E-state index in [1.165, 1.54) is 37.3 Å². The molecular weight excluding hydrogens is 363 g/mol. The summed E-state index contributed by atoms with van der Waals surface area (Å²) in [7, 11) is -4.14. The van der Waals surface area contributed by atoms with Crippen molar-refractivity contribution in [3.05, 3.63) is 59.4 Å². The van der Waals surface area contributed by atoms with Crippen LogP contribution in [-0.2, 0) is 19.6 Å². The Balaban J connectivity index is 2.34. The number of halogens is 1. The van der Waals surface area contributed by atoms with E-state index in [1.54, 1.807) is 6.92 Å². The van der Waals surface area contributed by atoms with Gasteiger partial charge in [0, 0.05) is 0 Å². The number of benzene rings is 2. The SMILES string of the molecule is Cc1ccc(S(=O)(=O)Nc2ccccc2F)cc1C(=O)O[C@H](C)C(N)=O. The van der Waals surface area contributed by atoms with Gasteiger partial charge in [-0.25, -0.2) is 17.6 Å². The van der Waals surface area contributed by atoms with Crippen LogP contribution in [0.25, 0.3) is 0 Å². The molecule has 0 unspecified atom stereocenters.